The Morgan fingerprint density at radius 3 is 2.52 bits per heavy atom. The minimum absolute atomic E-state index is 0.0615. The van der Waals surface area contributed by atoms with Crippen LogP contribution < -0.4 is 24.7 Å². The van der Waals surface area contributed by atoms with E-state index in [4.69, 9.17) is 36.3 Å². The van der Waals surface area contributed by atoms with Crippen molar-refractivity contribution in [3.63, 3.8) is 0 Å². The molecular formula is C24H17ClN2O4. The van der Waals surface area contributed by atoms with Crippen LogP contribution in [0.25, 0.3) is 0 Å². The molecule has 0 amide bonds. The van der Waals surface area contributed by atoms with E-state index in [0.717, 1.165) is 16.7 Å². The molecule has 2 heterocycles. The van der Waals surface area contributed by atoms with E-state index in [0.29, 0.717) is 40.2 Å². The first-order valence-corrected chi connectivity index (χ1v) is 9.99. The number of nitrogens with zero attached hydrogens (tertiary/aromatic N) is 1. The van der Waals surface area contributed by atoms with Gasteiger partial charge in [-0.1, -0.05) is 41.9 Å². The van der Waals surface area contributed by atoms with Crippen LogP contribution in [0.2, 0.25) is 5.02 Å². The second-order valence-corrected chi connectivity index (χ2v) is 7.56. The fraction of sp³-hybridized carbons (Fsp3) is 0.125. The van der Waals surface area contributed by atoms with Crippen LogP contribution in [0.4, 0.5) is 0 Å². The number of para-hydroxylation sites is 1. The number of nitriles is 1. The molecule has 1 atom stereocenters. The predicted molar refractivity (Wildman–Crippen MR) is 114 cm³/mol. The van der Waals surface area contributed by atoms with Crippen LogP contribution in [0.1, 0.15) is 22.6 Å². The third kappa shape index (κ3) is 3.49. The molecule has 0 aromatic heterocycles. The molecule has 3 aromatic rings. The molecule has 31 heavy (non-hydrogen) atoms. The largest absolute Gasteiger partial charge is 0.489 e. The number of halogens is 1. The molecule has 0 saturated carbocycles. The van der Waals surface area contributed by atoms with Crippen LogP contribution in [-0.4, -0.2) is 6.79 Å². The van der Waals surface area contributed by atoms with E-state index in [1.165, 1.54) is 0 Å². The third-order valence-electron chi connectivity index (χ3n) is 5.25. The zero-order valence-electron chi connectivity index (χ0n) is 16.3. The predicted octanol–water partition coefficient (Wildman–Crippen LogP) is 4.87. The molecule has 2 aliphatic heterocycles. The third-order valence-corrected chi connectivity index (χ3v) is 5.50. The number of rotatable bonds is 4. The average Bonchev–Trinajstić information content (AvgIpc) is 3.24. The first kappa shape index (κ1) is 19.2. The smallest absolute Gasteiger partial charge is 0.231 e. The minimum atomic E-state index is -0.468. The summed E-state index contributed by atoms with van der Waals surface area (Å²) in [7, 11) is 0. The fourth-order valence-corrected chi connectivity index (χ4v) is 3.89. The normalized spacial score (nSPS) is 16.3. The Balaban J connectivity index is 1.56. The summed E-state index contributed by atoms with van der Waals surface area (Å²) in [5.41, 5.74) is 8.97. The summed E-state index contributed by atoms with van der Waals surface area (Å²) >= 11 is 5.97. The molecular weight excluding hydrogens is 416 g/mol. The lowest BCUT2D eigenvalue weighted by Gasteiger charge is -2.28. The molecule has 2 aliphatic rings. The standard InChI is InChI=1S/C24H17ClN2O4/c25-15-7-5-14(6-8-15)12-28-19-4-2-1-3-16(19)23-17-9-21-22(30-13-29-21)10-20(17)31-24(27)18(23)11-26/h1-10,23H,12-13,27H2/t23-/m1/s1. The molecule has 0 bridgehead atoms. The van der Waals surface area contributed by atoms with Crippen molar-refractivity contribution in [1.82, 2.24) is 0 Å². The summed E-state index contributed by atoms with van der Waals surface area (Å²) in [5.74, 6) is 1.95. The number of allylic oxidation sites excluding steroid dienone is 1. The Labute approximate surface area is 184 Å². The van der Waals surface area contributed by atoms with Gasteiger partial charge in [-0.15, -0.1) is 0 Å². The maximum absolute atomic E-state index is 9.86. The first-order valence-electron chi connectivity index (χ1n) is 9.61. The van der Waals surface area contributed by atoms with Gasteiger partial charge in [-0.05, 0) is 29.8 Å². The molecule has 0 aliphatic carbocycles. The van der Waals surface area contributed by atoms with E-state index in [9.17, 15) is 5.26 Å². The highest BCUT2D eigenvalue weighted by Gasteiger charge is 2.34. The van der Waals surface area contributed by atoms with Gasteiger partial charge in [-0.3, -0.25) is 0 Å². The van der Waals surface area contributed by atoms with Crippen molar-refractivity contribution in [2.75, 3.05) is 6.79 Å². The van der Waals surface area contributed by atoms with Crippen molar-refractivity contribution in [1.29, 1.82) is 5.26 Å². The highest BCUT2D eigenvalue weighted by molar-refractivity contribution is 6.30. The highest BCUT2D eigenvalue weighted by atomic mass is 35.5. The summed E-state index contributed by atoms with van der Waals surface area (Å²) in [6.45, 7) is 0.490. The lowest BCUT2D eigenvalue weighted by atomic mass is 9.83. The summed E-state index contributed by atoms with van der Waals surface area (Å²) in [6, 6.07) is 20.8. The second-order valence-electron chi connectivity index (χ2n) is 7.12. The molecule has 2 N–H and O–H groups in total. The van der Waals surface area contributed by atoms with E-state index in [1.54, 1.807) is 6.07 Å². The van der Waals surface area contributed by atoms with Gasteiger partial charge in [0.05, 0.1) is 5.92 Å². The number of hydrogen-bond donors (Lipinski definition) is 1. The van der Waals surface area contributed by atoms with Crippen molar-refractivity contribution in [3.05, 3.63) is 93.8 Å². The van der Waals surface area contributed by atoms with Gasteiger partial charge in [0.25, 0.3) is 0 Å². The summed E-state index contributed by atoms with van der Waals surface area (Å²) in [6.07, 6.45) is 0. The summed E-state index contributed by atoms with van der Waals surface area (Å²) < 4.78 is 22.9. The first-order chi connectivity index (χ1) is 15.1. The molecule has 0 saturated heterocycles. The van der Waals surface area contributed by atoms with Crippen LogP contribution in [-0.2, 0) is 6.61 Å². The van der Waals surface area contributed by atoms with Crippen molar-refractivity contribution in [2.24, 2.45) is 5.73 Å². The van der Waals surface area contributed by atoms with Gasteiger partial charge in [0, 0.05) is 22.2 Å². The topological polar surface area (TPSA) is 86.7 Å². The fourth-order valence-electron chi connectivity index (χ4n) is 3.76. The van der Waals surface area contributed by atoms with Gasteiger partial charge in [0.2, 0.25) is 12.7 Å². The highest BCUT2D eigenvalue weighted by Crippen LogP contribution is 2.49. The Bertz CT molecular complexity index is 1230. The van der Waals surface area contributed by atoms with Crippen LogP contribution in [0, 0.1) is 11.3 Å². The Hall–Kier alpha value is -3.82. The van der Waals surface area contributed by atoms with Crippen molar-refractivity contribution in [2.45, 2.75) is 12.5 Å². The molecule has 0 radical (unpaired) electrons. The monoisotopic (exact) mass is 432 g/mol. The SMILES string of the molecule is N#CC1=C(N)Oc2cc3c(cc2[C@H]1c1ccccc1OCc1ccc(Cl)cc1)OCO3. The van der Waals surface area contributed by atoms with E-state index >= 15 is 0 Å². The lowest BCUT2D eigenvalue weighted by molar-refractivity contribution is 0.174. The number of nitrogens with two attached hydrogens (primary N) is 1. The maximum Gasteiger partial charge on any atom is 0.231 e. The second kappa shape index (κ2) is 7.78. The molecule has 0 spiro atoms. The van der Waals surface area contributed by atoms with E-state index < -0.39 is 5.92 Å². The molecule has 7 heteroatoms. The van der Waals surface area contributed by atoms with Gasteiger partial charge in [-0.25, -0.2) is 0 Å². The van der Waals surface area contributed by atoms with Crippen molar-refractivity contribution >= 4 is 11.6 Å². The van der Waals surface area contributed by atoms with Crippen molar-refractivity contribution in [3.8, 4) is 29.1 Å². The Kier molecular flexibility index (Phi) is 4.81. The van der Waals surface area contributed by atoms with Crippen LogP contribution >= 0.6 is 11.6 Å². The van der Waals surface area contributed by atoms with Gasteiger partial charge < -0.3 is 24.7 Å². The molecule has 6 nitrogen and oxygen atoms in total. The maximum atomic E-state index is 9.86. The van der Waals surface area contributed by atoms with E-state index in [2.05, 4.69) is 6.07 Å². The minimum Gasteiger partial charge on any atom is -0.489 e. The average molecular weight is 433 g/mol. The summed E-state index contributed by atoms with van der Waals surface area (Å²) in [4.78, 5) is 0. The van der Waals surface area contributed by atoms with Gasteiger partial charge in [-0.2, -0.15) is 5.26 Å². The Morgan fingerprint density at radius 2 is 1.74 bits per heavy atom. The Morgan fingerprint density at radius 1 is 1.00 bits per heavy atom. The van der Waals surface area contributed by atoms with Gasteiger partial charge in [0.1, 0.15) is 29.7 Å². The number of hydrogen-bond acceptors (Lipinski definition) is 6. The van der Waals surface area contributed by atoms with E-state index in [-0.39, 0.29) is 12.7 Å². The quantitative estimate of drug-likeness (QED) is 0.633. The van der Waals surface area contributed by atoms with E-state index in [1.807, 2.05) is 54.6 Å². The lowest BCUT2D eigenvalue weighted by Crippen LogP contribution is -2.21. The molecule has 5 rings (SSSR count). The number of ether oxygens (including phenoxy) is 4. The zero-order valence-corrected chi connectivity index (χ0v) is 17.1. The molecule has 3 aromatic carbocycles. The number of benzene rings is 3. The molecule has 0 unspecified atom stereocenters. The van der Waals surface area contributed by atoms with Crippen LogP contribution in [0.5, 0.6) is 23.0 Å². The molecule has 0 fully saturated rings. The number of fused-ring (bicyclic) bond motifs is 2. The zero-order chi connectivity index (χ0) is 21.4. The molecule has 154 valence electrons. The van der Waals surface area contributed by atoms with Crippen molar-refractivity contribution < 1.29 is 18.9 Å². The summed E-state index contributed by atoms with van der Waals surface area (Å²) in [5, 5.41) is 10.5. The van der Waals surface area contributed by atoms with Crippen LogP contribution in [0.15, 0.2) is 72.1 Å². The van der Waals surface area contributed by atoms with Gasteiger partial charge >= 0.3 is 0 Å². The van der Waals surface area contributed by atoms with Gasteiger partial charge in [0.15, 0.2) is 11.5 Å². The van der Waals surface area contributed by atoms with Crippen LogP contribution in [0.3, 0.4) is 0 Å².